The summed E-state index contributed by atoms with van der Waals surface area (Å²) in [6.07, 6.45) is 0. The highest BCUT2D eigenvalue weighted by Crippen LogP contribution is 1.90. The molecule has 0 aliphatic heterocycles. The smallest absolute Gasteiger partial charge is 0.190 e. The topological polar surface area (TPSA) is 14.1 Å². The quantitative estimate of drug-likeness (QED) is 0.472. The second-order valence-electron chi connectivity index (χ2n) is 1.52. The standard InChI is InChI=1S/C4H8F2N/c1-3(2)7-4(5)6/h3-4H,1-2H3. The van der Waals surface area contributed by atoms with Crippen molar-refractivity contribution in [3.63, 3.8) is 0 Å². The zero-order valence-electron chi connectivity index (χ0n) is 4.36. The lowest BCUT2D eigenvalue weighted by Gasteiger charge is -2.00. The van der Waals surface area contributed by atoms with Crippen molar-refractivity contribution in [2.24, 2.45) is 0 Å². The van der Waals surface area contributed by atoms with Crippen molar-refractivity contribution in [3.05, 3.63) is 0 Å². The minimum Gasteiger partial charge on any atom is -0.190 e. The summed E-state index contributed by atoms with van der Waals surface area (Å²) in [6, 6.07) is -0.250. The fourth-order valence-electron chi connectivity index (χ4n) is 0.225. The molecule has 0 amide bonds. The van der Waals surface area contributed by atoms with Crippen molar-refractivity contribution in [2.45, 2.75) is 26.4 Å². The molecule has 7 heavy (non-hydrogen) atoms. The van der Waals surface area contributed by atoms with Gasteiger partial charge in [0.1, 0.15) is 0 Å². The van der Waals surface area contributed by atoms with Crippen LogP contribution in [0.25, 0.3) is 0 Å². The maximum atomic E-state index is 11.1. The molecule has 1 radical (unpaired) electrons. The minimum atomic E-state index is -2.50. The van der Waals surface area contributed by atoms with E-state index in [9.17, 15) is 8.78 Å². The molecule has 0 aliphatic rings. The normalized spacial score (nSPS) is 11.1. The zero-order chi connectivity index (χ0) is 5.86. The van der Waals surface area contributed by atoms with Crippen LogP contribution >= 0.6 is 0 Å². The second-order valence-corrected chi connectivity index (χ2v) is 1.52. The molecule has 0 saturated heterocycles. The summed E-state index contributed by atoms with van der Waals surface area (Å²) in [6.45, 7) is 0.734. The molecule has 0 aromatic rings. The van der Waals surface area contributed by atoms with Crippen LogP contribution in [-0.2, 0) is 0 Å². The van der Waals surface area contributed by atoms with Gasteiger partial charge in [0.05, 0.1) is 0 Å². The maximum absolute atomic E-state index is 11.1. The van der Waals surface area contributed by atoms with Crippen LogP contribution in [0.2, 0.25) is 0 Å². The van der Waals surface area contributed by atoms with Crippen molar-refractivity contribution in [1.29, 1.82) is 0 Å². The molecule has 0 aromatic heterocycles. The Labute approximate surface area is 41.7 Å². The van der Waals surface area contributed by atoms with Gasteiger partial charge in [-0.1, -0.05) is 0 Å². The predicted octanol–water partition coefficient (Wildman–Crippen LogP) is 1.22. The SMILES string of the molecule is CC(C)[N]C(F)F. The average Bonchev–Trinajstić information content (AvgIpc) is 1.27. The Morgan fingerprint density at radius 3 is 1.71 bits per heavy atom. The molecule has 0 saturated carbocycles. The lowest BCUT2D eigenvalue weighted by atomic mass is 10.4. The van der Waals surface area contributed by atoms with Crippen molar-refractivity contribution in [1.82, 2.24) is 5.32 Å². The van der Waals surface area contributed by atoms with Crippen molar-refractivity contribution < 1.29 is 8.78 Å². The number of hydrogen-bond donors (Lipinski definition) is 0. The van der Waals surface area contributed by atoms with E-state index >= 15 is 0 Å². The van der Waals surface area contributed by atoms with Gasteiger partial charge in [0, 0.05) is 6.04 Å². The van der Waals surface area contributed by atoms with Gasteiger partial charge < -0.3 is 0 Å². The van der Waals surface area contributed by atoms with Gasteiger partial charge in [-0.25, -0.2) is 0 Å². The maximum Gasteiger partial charge on any atom is 0.307 e. The highest BCUT2D eigenvalue weighted by Gasteiger charge is 2.03. The molecule has 1 nitrogen and oxygen atoms in total. The van der Waals surface area contributed by atoms with Gasteiger partial charge in [-0.05, 0) is 13.8 Å². The molecule has 0 rings (SSSR count). The predicted molar refractivity (Wildman–Crippen MR) is 23.3 cm³/mol. The summed E-state index contributed by atoms with van der Waals surface area (Å²) in [5.41, 5.74) is 0. The molecule has 0 N–H and O–H groups in total. The summed E-state index contributed by atoms with van der Waals surface area (Å²) < 4.78 is 22.2. The second kappa shape index (κ2) is 2.91. The molecule has 0 aliphatic carbocycles. The Morgan fingerprint density at radius 1 is 1.29 bits per heavy atom. The van der Waals surface area contributed by atoms with E-state index in [2.05, 4.69) is 5.32 Å². The van der Waals surface area contributed by atoms with E-state index in [1.54, 1.807) is 13.8 Å². The zero-order valence-corrected chi connectivity index (χ0v) is 4.36. The molecular formula is C4H8F2N. The lowest BCUT2D eigenvalue weighted by Crippen LogP contribution is -2.19. The molecular weight excluding hydrogens is 100 g/mol. The summed E-state index contributed by atoms with van der Waals surface area (Å²) >= 11 is 0. The Bertz CT molecular complexity index is 39.0. The van der Waals surface area contributed by atoms with E-state index in [0.717, 1.165) is 0 Å². The third-order valence-corrected chi connectivity index (χ3v) is 0.411. The summed E-state index contributed by atoms with van der Waals surface area (Å²) in [4.78, 5) is 0. The molecule has 0 fully saturated rings. The van der Waals surface area contributed by atoms with E-state index in [-0.39, 0.29) is 6.04 Å². The molecule has 0 atom stereocenters. The van der Waals surface area contributed by atoms with E-state index in [4.69, 9.17) is 0 Å². The third kappa shape index (κ3) is 5.82. The molecule has 0 aromatic carbocycles. The van der Waals surface area contributed by atoms with Crippen LogP contribution < -0.4 is 5.32 Å². The van der Waals surface area contributed by atoms with Crippen LogP contribution in [-0.4, -0.2) is 12.6 Å². The highest BCUT2D eigenvalue weighted by molar-refractivity contribution is 4.46. The number of halogens is 2. The van der Waals surface area contributed by atoms with Gasteiger partial charge in [-0.15, -0.1) is 0 Å². The first-order chi connectivity index (χ1) is 3.13. The molecule has 0 unspecified atom stereocenters. The fourth-order valence-corrected chi connectivity index (χ4v) is 0.225. The summed E-state index contributed by atoms with van der Waals surface area (Å²) in [5, 5.41) is 2.94. The first-order valence-electron chi connectivity index (χ1n) is 2.11. The minimum absolute atomic E-state index is 0.250. The lowest BCUT2D eigenvalue weighted by molar-refractivity contribution is 0.0931. The van der Waals surface area contributed by atoms with Crippen molar-refractivity contribution in [3.8, 4) is 0 Å². The van der Waals surface area contributed by atoms with Crippen molar-refractivity contribution >= 4 is 0 Å². The van der Waals surface area contributed by atoms with Crippen molar-refractivity contribution in [2.75, 3.05) is 0 Å². The fraction of sp³-hybridized carbons (Fsp3) is 1.00. The monoisotopic (exact) mass is 108 g/mol. The van der Waals surface area contributed by atoms with E-state index in [1.807, 2.05) is 0 Å². The Hall–Kier alpha value is -0.180. The number of rotatable bonds is 2. The molecule has 0 spiro atoms. The van der Waals surface area contributed by atoms with Gasteiger partial charge >= 0.3 is 6.55 Å². The average molecular weight is 108 g/mol. The van der Waals surface area contributed by atoms with E-state index < -0.39 is 6.55 Å². The van der Waals surface area contributed by atoms with Gasteiger partial charge in [0.2, 0.25) is 0 Å². The number of alkyl halides is 2. The van der Waals surface area contributed by atoms with Crippen LogP contribution in [0.1, 0.15) is 13.8 Å². The molecule has 0 heterocycles. The van der Waals surface area contributed by atoms with Gasteiger partial charge in [0.15, 0.2) is 0 Å². The molecule has 0 bridgehead atoms. The Kier molecular flexibility index (Phi) is 2.83. The van der Waals surface area contributed by atoms with Crippen LogP contribution in [0, 0.1) is 0 Å². The van der Waals surface area contributed by atoms with Crippen LogP contribution in [0.4, 0.5) is 8.78 Å². The van der Waals surface area contributed by atoms with E-state index in [0.29, 0.717) is 0 Å². The Morgan fingerprint density at radius 2 is 1.71 bits per heavy atom. The van der Waals surface area contributed by atoms with Gasteiger partial charge in [-0.3, -0.25) is 0 Å². The first kappa shape index (κ1) is 6.82. The van der Waals surface area contributed by atoms with E-state index in [1.165, 1.54) is 0 Å². The highest BCUT2D eigenvalue weighted by atomic mass is 19.3. The number of hydrogen-bond acceptors (Lipinski definition) is 0. The number of nitrogens with zero attached hydrogens (tertiary/aromatic N) is 1. The molecule has 43 valence electrons. The van der Waals surface area contributed by atoms with Gasteiger partial charge in [-0.2, -0.15) is 14.1 Å². The van der Waals surface area contributed by atoms with Crippen LogP contribution in [0.3, 0.4) is 0 Å². The summed E-state index contributed by atoms with van der Waals surface area (Å²) in [7, 11) is 0. The summed E-state index contributed by atoms with van der Waals surface area (Å²) in [5.74, 6) is 0. The van der Waals surface area contributed by atoms with Gasteiger partial charge in [0.25, 0.3) is 0 Å². The third-order valence-electron chi connectivity index (χ3n) is 0.411. The van der Waals surface area contributed by atoms with Crippen LogP contribution in [0.15, 0.2) is 0 Å². The van der Waals surface area contributed by atoms with Crippen LogP contribution in [0.5, 0.6) is 0 Å². The Balaban J connectivity index is 2.95. The molecule has 3 heteroatoms. The largest absolute Gasteiger partial charge is 0.307 e. The first-order valence-corrected chi connectivity index (χ1v) is 2.11.